The van der Waals surface area contributed by atoms with Crippen molar-refractivity contribution in [2.75, 3.05) is 20.6 Å². The third-order valence-corrected chi connectivity index (χ3v) is 1.34. The molecule has 0 aliphatic rings. The van der Waals surface area contributed by atoms with Crippen molar-refractivity contribution in [3.05, 3.63) is 24.8 Å². The lowest BCUT2D eigenvalue weighted by Crippen LogP contribution is -2.15. The van der Waals surface area contributed by atoms with Crippen LogP contribution in [0.5, 0.6) is 0 Å². The molecule has 0 rings (SSSR count). The van der Waals surface area contributed by atoms with Crippen LogP contribution in [0.4, 0.5) is 0 Å². The monoisotopic (exact) mass is 215 g/mol. The van der Waals surface area contributed by atoms with Gasteiger partial charge in [0.15, 0.2) is 0 Å². The summed E-state index contributed by atoms with van der Waals surface area (Å²) in [4.78, 5) is 21.4. The molecule has 2 N–H and O–H groups in total. The molecule has 0 aromatic rings. The molecule has 0 heterocycles. The van der Waals surface area contributed by atoms with Crippen molar-refractivity contribution in [2.45, 2.75) is 6.42 Å². The van der Waals surface area contributed by atoms with Gasteiger partial charge in [-0.1, -0.05) is 13.2 Å². The predicted octanol–water partition coefficient (Wildman–Crippen LogP) is 0.836. The maximum Gasteiger partial charge on any atom is 0.331 e. The minimum absolute atomic E-state index is 0.272. The Balaban J connectivity index is 0. The maximum atomic E-state index is 10.2. The Morgan fingerprint density at radius 1 is 1.33 bits per heavy atom. The lowest BCUT2D eigenvalue weighted by Gasteiger charge is -2.07. The van der Waals surface area contributed by atoms with Gasteiger partial charge in [-0.2, -0.15) is 0 Å². The number of rotatable bonds is 5. The Kier molecular flexibility index (Phi) is 9.45. The average molecular weight is 215 g/mol. The highest BCUT2D eigenvalue weighted by atomic mass is 16.4. The molecule has 5 nitrogen and oxygen atoms in total. The summed E-state index contributed by atoms with van der Waals surface area (Å²) in [6.45, 7) is 7.10. The highest BCUT2D eigenvalue weighted by Crippen LogP contribution is 1.97. The van der Waals surface area contributed by atoms with E-state index in [1.54, 1.807) is 0 Å². The molecule has 0 aromatic carbocycles. The lowest BCUT2D eigenvalue weighted by molar-refractivity contribution is -0.133. The van der Waals surface area contributed by atoms with Crippen molar-refractivity contribution >= 4 is 11.9 Å². The van der Waals surface area contributed by atoms with Crippen LogP contribution in [0, 0.1) is 0 Å². The van der Waals surface area contributed by atoms with Gasteiger partial charge in [-0.25, -0.2) is 9.59 Å². The van der Waals surface area contributed by atoms with E-state index in [2.05, 4.69) is 13.2 Å². The standard InChI is InChI=1S/C7H13NO2.C3H4O2/c1-6(7(9)10)4-5-8(2)3;1-2-3(4)5/h1,4-5H2,2-3H3,(H,9,10);2H,1H2,(H,4,5). The zero-order chi connectivity index (χ0) is 12.4. The molecule has 0 fully saturated rings. The quantitative estimate of drug-likeness (QED) is 0.664. The van der Waals surface area contributed by atoms with Gasteiger partial charge >= 0.3 is 11.9 Å². The van der Waals surface area contributed by atoms with E-state index in [0.29, 0.717) is 6.42 Å². The van der Waals surface area contributed by atoms with Crippen molar-refractivity contribution in [1.82, 2.24) is 4.90 Å². The van der Waals surface area contributed by atoms with Gasteiger partial charge in [0.2, 0.25) is 0 Å². The molecule has 0 amide bonds. The first-order valence-electron chi connectivity index (χ1n) is 4.22. The fraction of sp³-hybridized carbons (Fsp3) is 0.400. The Hall–Kier alpha value is -1.62. The highest BCUT2D eigenvalue weighted by Gasteiger charge is 2.02. The molecular formula is C10H17NO4. The maximum absolute atomic E-state index is 10.2. The van der Waals surface area contributed by atoms with Crippen LogP contribution >= 0.6 is 0 Å². The average Bonchev–Trinajstić information content (AvgIpc) is 2.14. The van der Waals surface area contributed by atoms with Crippen LogP contribution in [0.1, 0.15) is 6.42 Å². The van der Waals surface area contributed by atoms with Gasteiger partial charge in [-0.05, 0) is 20.5 Å². The summed E-state index contributed by atoms with van der Waals surface area (Å²) in [5, 5.41) is 16.0. The molecule has 0 spiro atoms. The number of hydrogen-bond acceptors (Lipinski definition) is 3. The Morgan fingerprint density at radius 2 is 1.73 bits per heavy atom. The van der Waals surface area contributed by atoms with E-state index in [0.717, 1.165) is 12.6 Å². The van der Waals surface area contributed by atoms with E-state index in [1.807, 2.05) is 19.0 Å². The summed E-state index contributed by atoms with van der Waals surface area (Å²) in [5.74, 6) is -1.88. The second kappa shape index (κ2) is 8.96. The summed E-state index contributed by atoms with van der Waals surface area (Å²) in [5.41, 5.74) is 0.272. The molecule has 0 aliphatic heterocycles. The molecule has 0 unspecified atom stereocenters. The van der Waals surface area contributed by atoms with Gasteiger partial charge in [-0.15, -0.1) is 0 Å². The summed E-state index contributed by atoms with van der Waals surface area (Å²) in [7, 11) is 3.80. The van der Waals surface area contributed by atoms with Crippen LogP contribution in [0.25, 0.3) is 0 Å². The van der Waals surface area contributed by atoms with Crippen molar-refractivity contribution in [2.24, 2.45) is 0 Å². The van der Waals surface area contributed by atoms with Crippen LogP contribution < -0.4 is 0 Å². The lowest BCUT2D eigenvalue weighted by atomic mass is 10.2. The van der Waals surface area contributed by atoms with E-state index in [1.165, 1.54) is 0 Å². The van der Waals surface area contributed by atoms with E-state index < -0.39 is 11.9 Å². The molecule has 0 saturated heterocycles. The summed E-state index contributed by atoms with van der Waals surface area (Å²) in [6, 6.07) is 0. The first-order valence-corrected chi connectivity index (χ1v) is 4.22. The molecule has 5 heteroatoms. The zero-order valence-corrected chi connectivity index (χ0v) is 9.06. The van der Waals surface area contributed by atoms with Crippen molar-refractivity contribution in [3.63, 3.8) is 0 Å². The molecule has 0 radical (unpaired) electrons. The fourth-order valence-corrected chi connectivity index (χ4v) is 0.465. The van der Waals surface area contributed by atoms with Crippen molar-refractivity contribution < 1.29 is 19.8 Å². The second-order valence-corrected chi connectivity index (χ2v) is 3.00. The molecular weight excluding hydrogens is 198 g/mol. The summed E-state index contributed by atoms with van der Waals surface area (Å²) in [6.07, 6.45) is 1.36. The number of nitrogens with zero attached hydrogens (tertiary/aromatic N) is 1. The van der Waals surface area contributed by atoms with Crippen LogP contribution in [0.2, 0.25) is 0 Å². The summed E-state index contributed by atoms with van der Waals surface area (Å²) < 4.78 is 0. The van der Waals surface area contributed by atoms with E-state index in [-0.39, 0.29) is 5.57 Å². The number of carboxylic acids is 2. The SMILES string of the molecule is C=C(CCN(C)C)C(=O)O.C=CC(=O)O. The zero-order valence-electron chi connectivity index (χ0n) is 9.06. The number of carbonyl (C=O) groups is 2. The molecule has 0 bridgehead atoms. The highest BCUT2D eigenvalue weighted by molar-refractivity contribution is 5.85. The van der Waals surface area contributed by atoms with E-state index in [4.69, 9.17) is 10.2 Å². The van der Waals surface area contributed by atoms with Crippen LogP contribution in [0.3, 0.4) is 0 Å². The van der Waals surface area contributed by atoms with Crippen LogP contribution in [-0.4, -0.2) is 47.7 Å². The smallest absolute Gasteiger partial charge is 0.331 e. The number of hydrogen-bond donors (Lipinski definition) is 2. The van der Waals surface area contributed by atoms with Gasteiger partial charge in [0.1, 0.15) is 0 Å². The first kappa shape index (κ1) is 15.8. The molecule has 0 aliphatic carbocycles. The summed E-state index contributed by atoms with van der Waals surface area (Å²) >= 11 is 0. The van der Waals surface area contributed by atoms with E-state index in [9.17, 15) is 9.59 Å². The Bertz CT molecular complexity index is 246. The normalized spacial score (nSPS) is 8.73. The topological polar surface area (TPSA) is 77.8 Å². The minimum atomic E-state index is -0.981. The van der Waals surface area contributed by atoms with Crippen LogP contribution in [-0.2, 0) is 9.59 Å². The Morgan fingerprint density at radius 3 is 1.93 bits per heavy atom. The molecule has 0 saturated carbocycles. The molecule has 86 valence electrons. The fourth-order valence-electron chi connectivity index (χ4n) is 0.465. The third-order valence-electron chi connectivity index (χ3n) is 1.34. The minimum Gasteiger partial charge on any atom is -0.478 e. The van der Waals surface area contributed by atoms with Crippen LogP contribution in [0.15, 0.2) is 24.8 Å². The molecule has 0 atom stereocenters. The van der Waals surface area contributed by atoms with Gasteiger partial charge in [0, 0.05) is 18.2 Å². The van der Waals surface area contributed by atoms with E-state index >= 15 is 0 Å². The first-order chi connectivity index (χ1) is 6.81. The van der Waals surface area contributed by atoms with Gasteiger partial charge in [0.25, 0.3) is 0 Å². The van der Waals surface area contributed by atoms with Gasteiger partial charge in [0.05, 0.1) is 0 Å². The Labute approximate surface area is 89.3 Å². The van der Waals surface area contributed by atoms with Crippen molar-refractivity contribution in [3.8, 4) is 0 Å². The van der Waals surface area contributed by atoms with Crippen molar-refractivity contribution in [1.29, 1.82) is 0 Å². The third kappa shape index (κ3) is 15.2. The van der Waals surface area contributed by atoms with Gasteiger partial charge in [-0.3, -0.25) is 0 Å². The van der Waals surface area contributed by atoms with Gasteiger partial charge < -0.3 is 15.1 Å². The largest absolute Gasteiger partial charge is 0.478 e. The number of aliphatic carboxylic acids is 2. The number of carboxylic acid groups (broad SMARTS) is 2. The molecule has 15 heavy (non-hydrogen) atoms. The predicted molar refractivity (Wildman–Crippen MR) is 57.8 cm³/mol. The second-order valence-electron chi connectivity index (χ2n) is 3.00. The molecule has 0 aromatic heterocycles.